The number of rotatable bonds is 5. The number of hydrogen-bond donors (Lipinski definition) is 1. The molecular weight excluding hydrogens is 372 g/mol. The Hall–Kier alpha value is -2.51. The first kappa shape index (κ1) is 20.2. The molecule has 2 N–H and O–H groups in total. The molecule has 1 aromatic heterocycles. The van der Waals surface area contributed by atoms with Crippen molar-refractivity contribution in [1.29, 1.82) is 0 Å². The molecule has 1 aromatic carbocycles. The number of aromatic nitrogens is 1. The molecule has 1 amide bonds. The van der Waals surface area contributed by atoms with Gasteiger partial charge in [0.1, 0.15) is 4.64 Å². The minimum absolute atomic E-state index is 0.0805. The third-order valence-electron chi connectivity index (χ3n) is 5.30. The number of aryl methyl sites for hydroxylation is 2. The Balaban J connectivity index is 1.69. The Morgan fingerprint density at radius 2 is 1.68 bits per heavy atom. The predicted molar refractivity (Wildman–Crippen MR) is 113 cm³/mol. The Bertz CT molecular complexity index is 958. The highest BCUT2D eigenvalue weighted by molar-refractivity contribution is 7.71. The van der Waals surface area contributed by atoms with Gasteiger partial charge in [0.15, 0.2) is 5.78 Å². The van der Waals surface area contributed by atoms with Crippen molar-refractivity contribution in [3.8, 4) is 0 Å². The van der Waals surface area contributed by atoms with Gasteiger partial charge in [-0.25, -0.2) is 0 Å². The second-order valence-corrected chi connectivity index (χ2v) is 7.68. The molecule has 1 aliphatic heterocycles. The highest BCUT2D eigenvalue weighted by Crippen LogP contribution is 2.19. The number of pyridine rings is 1. The van der Waals surface area contributed by atoms with Gasteiger partial charge >= 0.3 is 0 Å². The van der Waals surface area contributed by atoms with Crippen LogP contribution < -0.4 is 10.6 Å². The Kier molecular flexibility index (Phi) is 5.96. The number of hydrogen-bond acceptors (Lipinski definition) is 5. The van der Waals surface area contributed by atoms with Gasteiger partial charge in [0, 0.05) is 43.1 Å². The lowest BCUT2D eigenvalue weighted by Gasteiger charge is -2.36. The summed E-state index contributed by atoms with van der Waals surface area (Å²) in [6.07, 6.45) is 0. The minimum Gasteiger partial charge on any atom is -0.369 e. The lowest BCUT2D eigenvalue weighted by atomic mass is 10.1. The molecule has 2 aromatic rings. The Labute approximate surface area is 170 Å². The molecular formula is C21H26N4O2S. The number of amides is 1. The summed E-state index contributed by atoms with van der Waals surface area (Å²) in [7, 11) is 0. The average Bonchev–Trinajstić information content (AvgIpc) is 2.65. The van der Waals surface area contributed by atoms with Crippen LogP contribution in [0.15, 0.2) is 30.3 Å². The molecule has 0 radical (unpaired) electrons. The molecule has 1 saturated heterocycles. The maximum atomic E-state index is 11.8. The lowest BCUT2D eigenvalue weighted by molar-refractivity contribution is 0.0994. The number of anilines is 1. The van der Waals surface area contributed by atoms with E-state index < -0.39 is 5.91 Å². The van der Waals surface area contributed by atoms with E-state index in [0.717, 1.165) is 48.7 Å². The third-order valence-corrected chi connectivity index (χ3v) is 5.73. The molecule has 2 heterocycles. The summed E-state index contributed by atoms with van der Waals surface area (Å²) in [5, 5.41) is 0. The van der Waals surface area contributed by atoms with Gasteiger partial charge in [-0.2, -0.15) is 0 Å². The summed E-state index contributed by atoms with van der Waals surface area (Å²) in [5.74, 6) is -0.396. The number of carbonyl (C=O) groups excluding carboxylic acids is 2. The van der Waals surface area contributed by atoms with Crippen molar-refractivity contribution in [2.45, 2.75) is 27.4 Å². The van der Waals surface area contributed by atoms with E-state index >= 15 is 0 Å². The van der Waals surface area contributed by atoms with E-state index in [1.54, 1.807) is 6.92 Å². The summed E-state index contributed by atoms with van der Waals surface area (Å²) in [4.78, 5) is 27.8. The van der Waals surface area contributed by atoms with Gasteiger partial charge in [-0.1, -0.05) is 12.2 Å². The summed E-state index contributed by atoms with van der Waals surface area (Å²) in [6, 6.07) is 9.73. The zero-order chi connectivity index (χ0) is 20.4. The van der Waals surface area contributed by atoms with Gasteiger partial charge in [-0.3, -0.25) is 14.5 Å². The Morgan fingerprint density at radius 3 is 2.21 bits per heavy atom. The van der Waals surface area contributed by atoms with Crippen molar-refractivity contribution >= 4 is 29.6 Å². The standard InChI is InChI=1S/C21H26N4O2S/c1-14-12-15(2)25(21(28)19(14)20(22)27)13-23-8-10-24(11-9-23)18-6-4-17(5-7-18)16(3)26/h4-7,12H,8-11,13H2,1-3H3,(H2,22,27). The molecule has 7 heteroatoms. The first-order valence-corrected chi connectivity index (χ1v) is 9.78. The van der Waals surface area contributed by atoms with Crippen molar-refractivity contribution < 1.29 is 9.59 Å². The smallest absolute Gasteiger partial charge is 0.251 e. The second-order valence-electron chi connectivity index (χ2n) is 7.29. The van der Waals surface area contributed by atoms with Crippen molar-refractivity contribution in [3.05, 3.63) is 57.4 Å². The number of primary amides is 1. The summed E-state index contributed by atoms with van der Waals surface area (Å²) in [5.41, 5.74) is 9.66. The molecule has 0 saturated carbocycles. The minimum atomic E-state index is -0.477. The van der Waals surface area contributed by atoms with E-state index in [4.69, 9.17) is 18.0 Å². The van der Waals surface area contributed by atoms with E-state index in [0.29, 0.717) is 16.9 Å². The molecule has 3 rings (SSSR count). The van der Waals surface area contributed by atoms with Crippen LogP contribution in [0.5, 0.6) is 0 Å². The van der Waals surface area contributed by atoms with Gasteiger partial charge in [-0.05, 0) is 56.7 Å². The summed E-state index contributed by atoms with van der Waals surface area (Å²) >= 11 is 5.54. The normalized spacial score (nSPS) is 14.9. The van der Waals surface area contributed by atoms with Crippen molar-refractivity contribution in [2.24, 2.45) is 5.73 Å². The largest absolute Gasteiger partial charge is 0.369 e. The number of Topliss-reactive ketones (excluding diaryl/α,β-unsaturated/α-hetero) is 1. The summed E-state index contributed by atoms with van der Waals surface area (Å²) in [6.45, 7) is 9.63. The molecule has 1 fully saturated rings. The van der Waals surface area contributed by atoms with Crippen LogP contribution in [0, 0.1) is 18.5 Å². The van der Waals surface area contributed by atoms with E-state index in [2.05, 4.69) is 9.80 Å². The van der Waals surface area contributed by atoms with Crippen LogP contribution in [-0.2, 0) is 6.67 Å². The third kappa shape index (κ3) is 4.15. The number of ketones is 1. The molecule has 0 aliphatic carbocycles. The maximum Gasteiger partial charge on any atom is 0.251 e. The first-order chi connectivity index (χ1) is 13.3. The fraction of sp³-hybridized carbons (Fsp3) is 0.381. The van der Waals surface area contributed by atoms with Crippen LogP contribution in [0.4, 0.5) is 5.69 Å². The van der Waals surface area contributed by atoms with E-state index in [1.807, 2.05) is 48.7 Å². The lowest BCUT2D eigenvalue weighted by Crippen LogP contribution is -2.47. The molecule has 0 spiro atoms. The van der Waals surface area contributed by atoms with Crippen LogP contribution in [0.25, 0.3) is 0 Å². The summed E-state index contributed by atoms with van der Waals surface area (Å²) < 4.78 is 2.49. The topological polar surface area (TPSA) is 71.6 Å². The quantitative estimate of drug-likeness (QED) is 0.619. The molecule has 28 heavy (non-hydrogen) atoms. The van der Waals surface area contributed by atoms with E-state index in [9.17, 15) is 9.59 Å². The molecule has 6 nitrogen and oxygen atoms in total. The number of piperazine rings is 1. The highest BCUT2D eigenvalue weighted by atomic mass is 32.1. The SMILES string of the molecule is CC(=O)c1ccc(N2CCN(Cn3c(C)cc(C)c(C(N)=O)c3=S)CC2)cc1. The molecule has 148 valence electrons. The van der Waals surface area contributed by atoms with Crippen LogP contribution >= 0.6 is 12.2 Å². The van der Waals surface area contributed by atoms with Gasteiger partial charge in [0.25, 0.3) is 5.91 Å². The number of nitrogens with zero attached hydrogens (tertiary/aromatic N) is 3. The number of carbonyl (C=O) groups is 2. The van der Waals surface area contributed by atoms with Crippen LogP contribution in [0.3, 0.4) is 0 Å². The zero-order valence-electron chi connectivity index (χ0n) is 16.6. The van der Waals surface area contributed by atoms with Gasteiger partial charge in [0.05, 0.1) is 12.2 Å². The zero-order valence-corrected chi connectivity index (χ0v) is 17.4. The monoisotopic (exact) mass is 398 g/mol. The number of nitrogens with two attached hydrogens (primary N) is 1. The van der Waals surface area contributed by atoms with Gasteiger partial charge in [0.2, 0.25) is 0 Å². The van der Waals surface area contributed by atoms with Crippen molar-refractivity contribution in [2.75, 3.05) is 31.1 Å². The van der Waals surface area contributed by atoms with Gasteiger partial charge in [-0.15, -0.1) is 0 Å². The first-order valence-electron chi connectivity index (χ1n) is 9.37. The fourth-order valence-corrected chi connectivity index (χ4v) is 4.12. The molecule has 0 unspecified atom stereocenters. The van der Waals surface area contributed by atoms with Crippen LogP contribution in [0.1, 0.15) is 38.9 Å². The molecule has 1 aliphatic rings. The molecule has 0 bridgehead atoms. The second kappa shape index (κ2) is 8.24. The van der Waals surface area contributed by atoms with Crippen molar-refractivity contribution in [1.82, 2.24) is 9.47 Å². The average molecular weight is 399 g/mol. The fourth-order valence-electron chi connectivity index (χ4n) is 3.66. The van der Waals surface area contributed by atoms with Crippen LogP contribution in [-0.4, -0.2) is 47.3 Å². The van der Waals surface area contributed by atoms with Crippen molar-refractivity contribution in [3.63, 3.8) is 0 Å². The highest BCUT2D eigenvalue weighted by Gasteiger charge is 2.19. The van der Waals surface area contributed by atoms with E-state index in [-0.39, 0.29) is 5.78 Å². The van der Waals surface area contributed by atoms with Crippen LogP contribution in [0.2, 0.25) is 0 Å². The van der Waals surface area contributed by atoms with Gasteiger partial charge < -0.3 is 15.2 Å². The predicted octanol–water partition coefficient (Wildman–Crippen LogP) is 2.92. The van der Waals surface area contributed by atoms with E-state index in [1.165, 1.54) is 0 Å². The Morgan fingerprint density at radius 1 is 1.07 bits per heavy atom. The molecule has 0 atom stereocenters. The maximum absolute atomic E-state index is 11.8. The number of benzene rings is 1.